The lowest BCUT2D eigenvalue weighted by Crippen LogP contribution is -2.57. The molecule has 0 saturated carbocycles. The van der Waals surface area contributed by atoms with Crippen LogP contribution in [0.4, 0.5) is 25.1 Å². The van der Waals surface area contributed by atoms with Crippen LogP contribution in [0.3, 0.4) is 0 Å². The van der Waals surface area contributed by atoms with Gasteiger partial charge in [0.15, 0.2) is 0 Å². The Labute approximate surface area is 162 Å². The first-order chi connectivity index (χ1) is 13.6. The summed E-state index contributed by atoms with van der Waals surface area (Å²) in [5.74, 6) is 0.339. The van der Waals surface area contributed by atoms with Crippen molar-refractivity contribution >= 4 is 17.5 Å². The summed E-state index contributed by atoms with van der Waals surface area (Å²) in [5.41, 5.74) is 0.604. The van der Waals surface area contributed by atoms with Gasteiger partial charge in [0.1, 0.15) is 29.8 Å². The van der Waals surface area contributed by atoms with Crippen molar-refractivity contribution in [3.63, 3.8) is 0 Å². The minimum atomic E-state index is -0.387. The fourth-order valence-electron chi connectivity index (χ4n) is 3.65. The molecule has 6 nitrogen and oxygen atoms in total. The lowest BCUT2D eigenvalue weighted by Gasteiger charge is -2.42. The summed E-state index contributed by atoms with van der Waals surface area (Å²) < 4.78 is 32.3. The molecule has 1 aromatic carbocycles. The third kappa shape index (κ3) is 3.46. The Morgan fingerprint density at radius 3 is 2.57 bits per heavy atom. The highest BCUT2D eigenvalue weighted by Crippen LogP contribution is 2.36. The number of pyridine rings is 1. The molecule has 0 bridgehead atoms. The third-order valence-corrected chi connectivity index (χ3v) is 5.24. The molecule has 0 radical (unpaired) electrons. The Morgan fingerprint density at radius 2 is 1.89 bits per heavy atom. The predicted molar refractivity (Wildman–Crippen MR) is 102 cm³/mol. The van der Waals surface area contributed by atoms with Gasteiger partial charge in [-0.2, -0.15) is 0 Å². The van der Waals surface area contributed by atoms with Crippen molar-refractivity contribution in [2.24, 2.45) is 0 Å². The van der Waals surface area contributed by atoms with Crippen molar-refractivity contribution in [1.82, 2.24) is 9.88 Å². The molecule has 2 aliphatic heterocycles. The summed E-state index contributed by atoms with van der Waals surface area (Å²) in [7, 11) is 0. The minimum Gasteiger partial charge on any atom is -0.489 e. The quantitative estimate of drug-likeness (QED) is 0.792. The van der Waals surface area contributed by atoms with E-state index in [2.05, 4.69) is 4.98 Å². The summed E-state index contributed by atoms with van der Waals surface area (Å²) in [5, 5.41) is 0. The number of ether oxygens (including phenoxy) is 1. The average molecular weight is 388 g/mol. The fourth-order valence-corrected chi connectivity index (χ4v) is 3.65. The Balaban J connectivity index is 1.49. The number of anilines is 2. The Bertz CT molecular complexity index is 854. The van der Waals surface area contributed by atoms with E-state index in [0.29, 0.717) is 50.0 Å². The van der Waals surface area contributed by atoms with Crippen LogP contribution >= 0.6 is 0 Å². The molecule has 2 amide bonds. The monoisotopic (exact) mass is 388 g/mol. The second-order valence-corrected chi connectivity index (χ2v) is 6.95. The number of piperazine rings is 1. The highest BCUT2D eigenvalue weighted by molar-refractivity contribution is 5.95. The SMILES string of the molecule is CCC1COc2cc(F)ccc2N1C(=O)N1CCN(c2ccc(F)cn2)CC1. The van der Waals surface area contributed by atoms with Gasteiger partial charge in [-0.3, -0.25) is 4.90 Å². The van der Waals surface area contributed by atoms with Crippen molar-refractivity contribution in [1.29, 1.82) is 0 Å². The molecule has 1 saturated heterocycles. The predicted octanol–water partition coefficient (Wildman–Crippen LogP) is 3.28. The number of carbonyl (C=O) groups excluding carboxylic acids is 1. The zero-order valence-electron chi connectivity index (χ0n) is 15.6. The van der Waals surface area contributed by atoms with Crippen molar-refractivity contribution in [2.45, 2.75) is 19.4 Å². The third-order valence-electron chi connectivity index (χ3n) is 5.24. The number of urea groups is 1. The highest BCUT2D eigenvalue weighted by Gasteiger charge is 2.35. The number of halogens is 2. The molecule has 1 unspecified atom stereocenters. The molecule has 1 aromatic heterocycles. The summed E-state index contributed by atoms with van der Waals surface area (Å²) in [4.78, 5) is 22.9. The summed E-state index contributed by atoms with van der Waals surface area (Å²) in [6.45, 7) is 4.63. The number of rotatable bonds is 2. The number of fused-ring (bicyclic) bond motifs is 1. The molecule has 4 rings (SSSR count). The van der Waals surface area contributed by atoms with Crippen LogP contribution in [0.25, 0.3) is 0 Å². The number of nitrogens with zero attached hydrogens (tertiary/aromatic N) is 4. The smallest absolute Gasteiger partial charge is 0.325 e. The van der Waals surface area contributed by atoms with E-state index >= 15 is 0 Å². The maximum atomic E-state index is 13.6. The normalized spacial score (nSPS) is 19.2. The maximum Gasteiger partial charge on any atom is 0.325 e. The number of benzene rings is 1. The van der Waals surface area contributed by atoms with Crippen LogP contribution in [0.5, 0.6) is 5.75 Å². The van der Waals surface area contributed by atoms with Crippen LogP contribution in [0.1, 0.15) is 13.3 Å². The van der Waals surface area contributed by atoms with Crippen molar-refractivity contribution < 1.29 is 18.3 Å². The molecule has 2 aromatic rings. The van der Waals surface area contributed by atoms with Gasteiger partial charge in [0.05, 0.1) is 17.9 Å². The minimum absolute atomic E-state index is 0.0951. The van der Waals surface area contributed by atoms with Crippen LogP contribution in [0.15, 0.2) is 36.5 Å². The van der Waals surface area contributed by atoms with Crippen molar-refractivity contribution in [3.05, 3.63) is 48.2 Å². The fraction of sp³-hybridized carbons (Fsp3) is 0.400. The molecule has 1 fully saturated rings. The van der Waals surface area contributed by atoms with E-state index in [0.717, 1.165) is 6.42 Å². The molecule has 8 heteroatoms. The van der Waals surface area contributed by atoms with Gasteiger partial charge in [-0.25, -0.2) is 18.6 Å². The number of aromatic nitrogens is 1. The van der Waals surface area contributed by atoms with E-state index in [1.54, 1.807) is 21.9 Å². The zero-order valence-corrected chi connectivity index (χ0v) is 15.6. The molecule has 0 N–H and O–H groups in total. The van der Waals surface area contributed by atoms with Crippen molar-refractivity contribution in [2.75, 3.05) is 42.6 Å². The first-order valence-electron chi connectivity index (χ1n) is 9.44. The Hall–Kier alpha value is -2.90. The van der Waals surface area contributed by atoms with Gasteiger partial charge < -0.3 is 14.5 Å². The topological polar surface area (TPSA) is 48.9 Å². The second-order valence-electron chi connectivity index (χ2n) is 6.95. The average Bonchev–Trinajstić information content (AvgIpc) is 2.73. The number of carbonyl (C=O) groups is 1. The zero-order chi connectivity index (χ0) is 19.7. The first-order valence-corrected chi connectivity index (χ1v) is 9.44. The lowest BCUT2D eigenvalue weighted by molar-refractivity contribution is 0.187. The largest absolute Gasteiger partial charge is 0.489 e. The van der Waals surface area contributed by atoms with Crippen LogP contribution in [-0.4, -0.2) is 54.7 Å². The summed E-state index contributed by atoms with van der Waals surface area (Å²) in [6.07, 6.45) is 1.94. The van der Waals surface area contributed by atoms with Gasteiger partial charge >= 0.3 is 6.03 Å². The van der Waals surface area contributed by atoms with E-state index < -0.39 is 0 Å². The molecule has 0 spiro atoms. The maximum absolute atomic E-state index is 13.6. The standard InChI is InChI=1S/C20H22F2N4O2/c1-2-16-13-28-18-11-14(21)3-5-17(18)26(16)20(27)25-9-7-24(8-10-25)19-6-4-15(22)12-23-19/h3-6,11-12,16H,2,7-10,13H2,1H3. The second kappa shape index (κ2) is 7.61. The molecular formula is C20H22F2N4O2. The molecular weight excluding hydrogens is 366 g/mol. The number of hydrogen-bond acceptors (Lipinski definition) is 4. The molecule has 3 heterocycles. The highest BCUT2D eigenvalue weighted by atomic mass is 19.1. The van der Waals surface area contributed by atoms with E-state index in [1.807, 2.05) is 11.8 Å². The molecule has 28 heavy (non-hydrogen) atoms. The van der Waals surface area contributed by atoms with Gasteiger partial charge in [-0.05, 0) is 30.7 Å². The lowest BCUT2D eigenvalue weighted by atomic mass is 10.1. The molecule has 2 aliphatic rings. The first kappa shape index (κ1) is 18.5. The molecule has 0 aliphatic carbocycles. The van der Waals surface area contributed by atoms with E-state index in [9.17, 15) is 13.6 Å². The van der Waals surface area contributed by atoms with Gasteiger partial charge in [0.2, 0.25) is 0 Å². The van der Waals surface area contributed by atoms with Crippen molar-refractivity contribution in [3.8, 4) is 5.75 Å². The van der Waals surface area contributed by atoms with Crippen LogP contribution in [-0.2, 0) is 0 Å². The Morgan fingerprint density at radius 1 is 1.14 bits per heavy atom. The van der Waals surface area contributed by atoms with Gasteiger partial charge in [0, 0.05) is 32.2 Å². The molecule has 148 valence electrons. The Kier molecular flexibility index (Phi) is 5.02. The number of hydrogen-bond donors (Lipinski definition) is 0. The summed E-state index contributed by atoms with van der Waals surface area (Å²) in [6, 6.07) is 7.10. The van der Waals surface area contributed by atoms with Gasteiger partial charge in [0.25, 0.3) is 0 Å². The van der Waals surface area contributed by atoms with E-state index in [-0.39, 0.29) is 23.7 Å². The van der Waals surface area contributed by atoms with Crippen LogP contribution in [0.2, 0.25) is 0 Å². The van der Waals surface area contributed by atoms with Gasteiger partial charge in [-0.1, -0.05) is 6.92 Å². The van der Waals surface area contributed by atoms with Crippen LogP contribution < -0.4 is 14.5 Å². The number of amides is 2. The van der Waals surface area contributed by atoms with Crippen LogP contribution in [0, 0.1) is 11.6 Å². The molecule has 1 atom stereocenters. The van der Waals surface area contributed by atoms with Gasteiger partial charge in [-0.15, -0.1) is 0 Å². The summed E-state index contributed by atoms with van der Waals surface area (Å²) >= 11 is 0. The van der Waals surface area contributed by atoms with E-state index in [1.165, 1.54) is 24.4 Å². The van der Waals surface area contributed by atoms with E-state index in [4.69, 9.17) is 4.74 Å².